The lowest BCUT2D eigenvalue weighted by molar-refractivity contribution is -0.143. The molecule has 10 heteroatoms. The molecular formula is C15H30N6O4. The zero-order valence-corrected chi connectivity index (χ0v) is 15.0. The van der Waals surface area contributed by atoms with Gasteiger partial charge < -0.3 is 32.9 Å². The number of hydrogen-bond donors (Lipinski definition) is 6. The quantitative estimate of drug-likeness (QED) is 0.147. The van der Waals surface area contributed by atoms with Crippen LogP contribution in [-0.2, 0) is 14.4 Å². The molecule has 0 aliphatic carbocycles. The molecule has 0 aromatic carbocycles. The molecule has 144 valence electrons. The van der Waals surface area contributed by atoms with Gasteiger partial charge in [0.25, 0.3) is 0 Å². The summed E-state index contributed by atoms with van der Waals surface area (Å²) in [7, 11) is 0. The Morgan fingerprint density at radius 3 is 2.16 bits per heavy atom. The predicted molar refractivity (Wildman–Crippen MR) is 94.5 cm³/mol. The molecule has 0 aliphatic rings. The van der Waals surface area contributed by atoms with Gasteiger partial charge in [-0.25, -0.2) is 4.79 Å². The van der Waals surface area contributed by atoms with Gasteiger partial charge in [0.15, 0.2) is 5.96 Å². The van der Waals surface area contributed by atoms with E-state index in [1.165, 1.54) is 6.92 Å². The van der Waals surface area contributed by atoms with Gasteiger partial charge >= 0.3 is 5.97 Å². The van der Waals surface area contributed by atoms with Gasteiger partial charge in [0.1, 0.15) is 12.1 Å². The average molecular weight is 358 g/mol. The van der Waals surface area contributed by atoms with Crippen LogP contribution in [0, 0.1) is 5.92 Å². The summed E-state index contributed by atoms with van der Waals surface area (Å²) < 4.78 is 0. The fourth-order valence-corrected chi connectivity index (χ4v) is 2.01. The molecule has 25 heavy (non-hydrogen) atoms. The third-order valence-electron chi connectivity index (χ3n) is 3.77. The second-order valence-corrected chi connectivity index (χ2v) is 6.01. The highest BCUT2D eigenvalue weighted by molar-refractivity contribution is 5.91. The maximum atomic E-state index is 12.4. The number of amides is 2. The van der Waals surface area contributed by atoms with Crippen molar-refractivity contribution in [2.24, 2.45) is 28.1 Å². The topological polar surface area (TPSA) is 186 Å². The number of carbonyl (C=O) groups is 3. The molecule has 10 nitrogen and oxygen atoms in total. The van der Waals surface area contributed by atoms with Crippen molar-refractivity contribution in [1.82, 2.24) is 10.6 Å². The van der Waals surface area contributed by atoms with Crippen molar-refractivity contribution < 1.29 is 19.5 Å². The van der Waals surface area contributed by atoms with Crippen LogP contribution >= 0.6 is 0 Å². The largest absolute Gasteiger partial charge is 0.480 e. The van der Waals surface area contributed by atoms with E-state index in [1.54, 1.807) is 6.92 Å². The molecule has 4 atom stereocenters. The Bertz CT molecular complexity index is 490. The Labute approximate surface area is 147 Å². The van der Waals surface area contributed by atoms with Crippen LogP contribution in [0.1, 0.15) is 40.0 Å². The highest BCUT2D eigenvalue weighted by Gasteiger charge is 2.29. The van der Waals surface area contributed by atoms with Gasteiger partial charge in [-0.05, 0) is 25.7 Å². The highest BCUT2D eigenvalue weighted by atomic mass is 16.4. The zero-order valence-electron chi connectivity index (χ0n) is 15.0. The van der Waals surface area contributed by atoms with Crippen molar-refractivity contribution in [3.8, 4) is 0 Å². The third-order valence-corrected chi connectivity index (χ3v) is 3.77. The molecule has 0 radical (unpaired) electrons. The first-order valence-corrected chi connectivity index (χ1v) is 8.24. The van der Waals surface area contributed by atoms with Crippen LogP contribution < -0.4 is 27.8 Å². The van der Waals surface area contributed by atoms with E-state index in [0.29, 0.717) is 12.8 Å². The summed E-state index contributed by atoms with van der Waals surface area (Å²) in [6.45, 7) is 5.33. The number of aliphatic imine (C=N–C) groups is 1. The third kappa shape index (κ3) is 8.89. The minimum Gasteiger partial charge on any atom is -0.480 e. The van der Waals surface area contributed by atoms with E-state index in [0.717, 1.165) is 0 Å². The maximum absolute atomic E-state index is 12.4. The summed E-state index contributed by atoms with van der Waals surface area (Å²) in [5.74, 6) is -2.53. The summed E-state index contributed by atoms with van der Waals surface area (Å²) in [5.41, 5.74) is 16.0. The van der Waals surface area contributed by atoms with Crippen LogP contribution in [0.15, 0.2) is 4.99 Å². The first-order valence-electron chi connectivity index (χ1n) is 8.24. The van der Waals surface area contributed by atoms with E-state index in [-0.39, 0.29) is 24.8 Å². The molecule has 0 fully saturated rings. The molecule has 0 saturated carbocycles. The number of hydrogen-bond acceptors (Lipinski definition) is 5. The molecule has 0 aliphatic heterocycles. The second-order valence-electron chi connectivity index (χ2n) is 6.01. The average Bonchev–Trinajstić information content (AvgIpc) is 2.53. The summed E-state index contributed by atoms with van der Waals surface area (Å²) >= 11 is 0. The fraction of sp³-hybridized carbons (Fsp3) is 0.733. The van der Waals surface area contributed by atoms with Crippen LogP contribution in [-0.4, -0.2) is 53.5 Å². The first-order chi connectivity index (χ1) is 11.6. The second kappa shape index (κ2) is 11.2. The zero-order chi connectivity index (χ0) is 19.6. The number of nitrogens with zero attached hydrogens (tertiary/aromatic N) is 1. The van der Waals surface area contributed by atoms with Crippen LogP contribution in [0.2, 0.25) is 0 Å². The van der Waals surface area contributed by atoms with Gasteiger partial charge in [0.05, 0.1) is 6.04 Å². The van der Waals surface area contributed by atoms with E-state index < -0.39 is 35.9 Å². The number of carboxylic acids is 1. The summed E-state index contributed by atoms with van der Waals surface area (Å²) in [5, 5.41) is 14.3. The molecule has 0 aromatic heterocycles. The van der Waals surface area contributed by atoms with Crippen molar-refractivity contribution in [3.05, 3.63) is 0 Å². The van der Waals surface area contributed by atoms with E-state index in [2.05, 4.69) is 15.6 Å². The molecule has 9 N–H and O–H groups in total. The fourth-order valence-electron chi connectivity index (χ4n) is 2.01. The minimum absolute atomic E-state index is 0.0664. The lowest BCUT2D eigenvalue weighted by atomic mass is 9.98. The molecule has 2 amide bonds. The van der Waals surface area contributed by atoms with Gasteiger partial charge in [-0.3, -0.25) is 14.6 Å². The Morgan fingerprint density at radius 1 is 1.12 bits per heavy atom. The van der Waals surface area contributed by atoms with Crippen molar-refractivity contribution in [3.63, 3.8) is 0 Å². The molecule has 0 saturated heterocycles. The Kier molecular flexibility index (Phi) is 10.2. The van der Waals surface area contributed by atoms with Gasteiger partial charge in [-0.15, -0.1) is 0 Å². The summed E-state index contributed by atoms with van der Waals surface area (Å²) in [6.07, 6.45) is 1.25. The van der Waals surface area contributed by atoms with Crippen molar-refractivity contribution in [2.75, 3.05) is 6.54 Å². The van der Waals surface area contributed by atoms with Crippen molar-refractivity contribution >= 4 is 23.7 Å². The van der Waals surface area contributed by atoms with Gasteiger partial charge in [0, 0.05) is 6.54 Å². The Hall–Kier alpha value is -2.36. The number of nitrogens with two attached hydrogens (primary N) is 3. The molecule has 0 rings (SSSR count). The molecule has 0 heterocycles. The first kappa shape index (κ1) is 22.6. The normalized spacial score (nSPS) is 15.4. The Balaban J connectivity index is 5.02. The number of rotatable bonds is 11. The monoisotopic (exact) mass is 358 g/mol. The lowest BCUT2D eigenvalue weighted by Gasteiger charge is -2.24. The number of guanidine groups is 1. The molecule has 0 aromatic rings. The van der Waals surface area contributed by atoms with E-state index in [4.69, 9.17) is 17.2 Å². The Morgan fingerprint density at radius 2 is 1.72 bits per heavy atom. The highest BCUT2D eigenvalue weighted by Crippen LogP contribution is 2.09. The summed E-state index contributed by atoms with van der Waals surface area (Å²) in [6, 6.07) is -2.75. The number of carboxylic acid groups (broad SMARTS) is 1. The van der Waals surface area contributed by atoms with Crippen molar-refractivity contribution in [2.45, 2.75) is 58.2 Å². The summed E-state index contributed by atoms with van der Waals surface area (Å²) in [4.78, 5) is 39.4. The van der Waals surface area contributed by atoms with Gasteiger partial charge in [-0.1, -0.05) is 20.3 Å². The van der Waals surface area contributed by atoms with Gasteiger partial charge in [0.2, 0.25) is 11.8 Å². The van der Waals surface area contributed by atoms with Crippen molar-refractivity contribution in [1.29, 1.82) is 0 Å². The number of aliphatic carboxylic acids is 1. The minimum atomic E-state index is -1.12. The van der Waals surface area contributed by atoms with E-state index in [9.17, 15) is 19.5 Å². The van der Waals surface area contributed by atoms with Crippen LogP contribution in [0.4, 0.5) is 0 Å². The number of nitrogens with one attached hydrogen (secondary N) is 2. The maximum Gasteiger partial charge on any atom is 0.326 e. The van der Waals surface area contributed by atoms with Crippen LogP contribution in [0.5, 0.6) is 0 Å². The molecule has 0 spiro atoms. The van der Waals surface area contributed by atoms with E-state index >= 15 is 0 Å². The predicted octanol–water partition coefficient (Wildman–Crippen LogP) is -1.51. The van der Waals surface area contributed by atoms with Crippen LogP contribution in [0.25, 0.3) is 0 Å². The SMILES string of the molecule is CC[C@H](C)[C@H](NC(=O)[C@H](CCCN=C(N)N)NC(=O)[C@H](C)N)C(=O)O. The smallest absolute Gasteiger partial charge is 0.326 e. The molecular weight excluding hydrogens is 328 g/mol. The van der Waals surface area contributed by atoms with Crippen LogP contribution in [0.3, 0.4) is 0 Å². The molecule has 0 bridgehead atoms. The lowest BCUT2D eigenvalue weighted by Crippen LogP contribution is -2.55. The van der Waals surface area contributed by atoms with Gasteiger partial charge in [-0.2, -0.15) is 0 Å². The standard InChI is InChI=1S/C15H30N6O4/c1-4-8(2)11(14(24)25)21-13(23)10(20-12(22)9(3)16)6-5-7-19-15(17)18/h8-11H,4-7,16H2,1-3H3,(H,20,22)(H,21,23)(H,24,25)(H4,17,18,19)/t8-,9-,10-,11-/m0/s1. The van der Waals surface area contributed by atoms with E-state index in [1.807, 2.05) is 6.92 Å². The molecule has 0 unspecified atom stereocenters. The number of carbonyl (C=O) groups excluding carboxylic acids is 2.